The third-order valence-corrected chi connectivity index (χ3v) is 5.01. The van der Waals surface area contributed by atoms with Gasteiger partial charge in [-0.1, -0.05) is 19.8 Å². The van der Waals surface area contributed by atoms with Crippen LogP contribution in [0.4, 0.5) is 0 Å². The highest BCUT2D eigenvalue weighted by Gasteiger charge is 2.28. The Hall–Kier alpha value is -0.120. The number of rotatable bonds is 6. The maximum Gasteiger partial charge on any atom is 0.0434 e. The van der Waals surface area contributed by atoms with Gasteiger partial charge in [-0.2, -0.15) is 0 Å². The average molecular weight is 268 g/mol. The lowest BCUT2D eigenvalue weighted by Crippen LogP contribution is -2.46. The molecule has 0 bridgehead atoms. The molecule has 3 nitrogen and oxygen atoms in total. The van der Waals surface area contributed by atoms with Crippen LogP contribution in [0.2, 0.25) is 0 Å². The van der Waals surface area contributed by atoms with E-state index in [4.69, 9.17) is 5.11 Å². The number of hydrogen-bond donors (Lipinski definition) is 2. The van der Waals surface area contributed by atoms with Crippen molar-refractivity contribution in [3.63, 3.8) is 0 Å². The molecule has 1 heterocycles. The monoisotopic (exact) mass is 268 g/mol. The summed E-state index contributed by atoms with van der Waals surface area (Å²) in [6, 6.07) is 0.747. The normalized spacial score (nSPS) is 33.5. The molecule has 2 rings (SSSR count). The van der Waals surface area contributed by atoms with Gasteiger partial charge in [0, 0.05) is 25.7 Å². The van der Waals surface area contributed by atoms with E-state index in [-0.39, 0.29) is 0 Å². The van der Waals surface area contributed by atoms with Gasteiger partial charge in [-0.25, -0.2) is 0 Å². The summed E-state index contributed by atoms with van der Waals surface area (Å²) in [6.07, 6.45) is 9.23. The minimum Gasteiger partial charge on any atom is -0.396 e. The van der Waals surface area contributed by atoms with E-state index in [1.807, 2.05) is 0 Å². The molecule has 0 aromatic heterocycles. The minimum atomic E-state index is 0.363. The van der Waals surface area contributed by atoms with Crippen LogP contribution in [-0.4, -0.2) is 48.8 Å². The van der Waals surface area contributed by atoms with E-state index in [1.165, 1.54) is 58.2 Å². The fourth-order valence-corrected chi connectivity index (χ4v) is 4.02. The topological polar surface area (TPSA) is 35.5 Å². The van der Waals surface area contributed by atoms with Crippen molar-refractivity contribution in [2.45, 2.75) is 57.9 Å². The zero-order valence-electron chi connectivity index (χ0n) is 12.6. The molecule has 0 amide bonds. The minimum absolute atomic E-state index is 0.363. The van der Waals surface area contributed by atoms with Crippen molar-refractivity contribution >= 4 is 0 Å². The molecule has 112 valence electrons. The average Bonchev–Trinajstić information content (AvgIpc) is 2.42. The Morgan fingerprint density at radius 2 is 2.00 bits per heavy atom. The number of piperidine rings is 1. The van der Waals surface area contributed by atoms with Crippen LogP contribution in [0.25, 0.3) is 0 Å². The summed E-state index contributed by atoms with van der Waals surface area (Å²) in [4.78, 5) is 2.67. The van der Waals surface area contributed by atoms with Crippen LogP contribution >= 0.6 is 0 Å². The molecule has 19 heavy (non-hydrogen) atoms. The van der Waals surface area contributed by atoms with Crippen molar-refractivity contribution in [1.29, 1.82) is 0 Å². The number of nitrogens with one attached hydrogen (secondary N) is 1. The molecular formula is C16H32N2O. The van der Waals surface area contributed by atoms with Gasteiger partial charge in [0.15, 0.2) is 0 Å². The predicted octanol–water partition coefficient (Wildman–Crippen LogP) is 2.25. The molecule has 3 heteroatoms. The number of aliphatic hydroxyl groups is 1. The van der Waals surface area contributed by atoms with Crippen LogP contribution in [0.15, 0.2) is 0 Å². The molecule has 0 aromatic rings. The third kappa shape index (κ3) is 4.73. The molecule has 3 unspecified atom stereocenters. The van der Waals surface area contributed by atoms with Gasteiger partial charge in [-0.15, -0.1) is 0 Å². The third-order valence-electron chi connectivity index (χ3n) is 5.01. The molecule has 2 aliphatic rings. The van der Waals surface area contributed by atoms with Crippen LogP contribution in [0.5, 0.6) is 0 Å². The molecule has 1 saturated heterocycles. The Balaban J connectivity index is 1.80. The summed E-state index contributed by atoms with van der Waals surface area (Å²) in [7, 11) is 0. The molecule has 2 fully saturated rings. The SMILES string of the molecule is CCNC1CCCCC1CN1CCCC(CCO)C1. The van der Waals surface area contributed by atoms with Crippen molar-refractivity contribution in [1.82, 2.24) is 10.2 Å². The molecule has 0 spiro atoms. The van der Waals surface area contributed by atoms with Crippen molar-refractivity contribution < 1.29 is 5.11 Å². The zero-order valence-corrected chi connectivity index (χ0v) is 12.6. The molecule has 1 saturated carbocycles. The van der Waals surface area contributed by atoms with Gasteiger partial charge >= 0.3 is 0 Å². The van der Waals surface area contributed by atoms with Gasteiger partial charge in [0.2, 0.25) is 0 Å². The Bertz CT molecular complexity index is 243. The van der Waals surface area contributed by atoms with E-state index >= 15 is 0 Å². The molecule has 0 aromatic carbocycles. The lowest BCUT2D eigenvalue weighted by Gasteiger charge is -2.39. The Morgan fingerprint density at radius 3 is 2.79 bits per heavy atom. The van der Waals surface area contributed by atoms with E-state index in [1.54, 1.807) is 0 Å². The van der Waals surface area contributed by atoms with Crippen molar-refractivity contribution in [2.24, 2.45) is 11.8 Å². The second-order valence-corrected chi connectivity index (χ2v) is 6.49. The molecule has 1 aliphatic heterocycles. The fourth-order valence-electron chi connectivity index (χ4n) is 4.02. The van der Waals surface area contributed by atoms with Crippen molar-refractivity contribution in [2.75, 3.05) is 32.8 Å². The number of likely N-dealkylation sites (tertiary alicyclic amines) is 1. The Morgan fingerprint density at radius 1 is 1.16 bits per heavy atom. The lowest BCUT2D eigenvalue weighted by molar-refractivity contribution is 0.109. The smallest absolute Gasteiger partial charge is 0.0434 e. The first-order valence-electron chi connectivity index (χ1n) is 8.40. The first-order chi connectivity index (χ1) is 9.33. The summed E-state index contributed by atoms with van der Waals surface area (Å²) in [5.74, 6) is 1.58. The number of nitrogens with zero attached hydrogens (tertiary/aromatic N) is 1. The molecule has 2 N–H and O–H groups in total. The van der Waals surface area contributed by atoms with E-state index in [9.17, 15) is 0 Å². The Kier molecular flexibility index (Phi) is 6.62. The quantitative estimate of drug-likeness (QED) is 0.775. The van der Waals surface area contributed by atoms with Crippen LogP contribution < -0.4 is 5.32 Å². The highest BCUT2D eigenvalue weighted by atomic mass is 16.3. The second-order valence-electron chi connectivity index (χ2n) is 6.49. The fraction of sp³-hybridized carbons (Fsp3) is 1.00. The van der Waals surface area contributed by atoms with Gasteiger partial charge in [-0.05, 0) is 57.0 Å². The maximum absolute atomic E-state index is 9.11. The maximum atomic E-state index is 9.11. The predicted molar refractivity (Wildman–Crippen MR) is 80.3 cm³/mol. The highest BCUT2D eigenvalue weighted by molar-refractivity contribution is 4.84. The Labute approximate surface area is 118 Å². The van der Waals surface area contributed by atoms with Gasteiger partial charge in [0.05, 0.1) is 0 Å². The second kappa shape index (κ2) is 8.23. The summed E-state index contributed by atoms with van der Waals surface area (Å²) in [5.41, 5.74) is 0. The summed E-state index contributed by atoms with van der Waals surface area (Å²) in [5, 5.41) is 12.8. The first-order valence-corrected chi connectivity index (χ1v) is 8.40. The van der Waals surface area contributed by atoms with E-state index in [0.717, 1.165) is 30.8 Å². The molecule has 0 radical (unpaired) electrons. The van der Waals surface area contributed by atoms with Gasteiger partial charge in [0.1, 0.15) is 0 Å². The summed E-state index contributed by atoms with van der Waals surface area (Å²) in [6.45, 7) is 7.47. The van der Waals surface area contributed by atoms with Crippen LogP contribution in [0.3, 0.4) is 0 Å². The number of hydrogen-bond acceptors (Lipinski definition) is 3. The van der Waals surface area contributed by atoms with E-state index in [2.05, 4.69) is 17.1 Å². The van der Waals surface area contributed by atoms with E-state index < -0.39 is 0 Å². The standard InChI is InChI=1S/C16H32N2O/c1-2-17-16-8-4-3-7-15(16)13-18-10-5-6-14(12-18)9-11-19/h14-17,19H,2-13H2,1H3. The van der Waals surface area contributed by atoms with Gasteiger partial charge in [-0.3, -0.25) is 0 Å². The van der Waals surface area contributed by atoms with Gasteiger partial charge in [0.25, 0.3) is 0 Å². The van der Waals surface area contributed by atoms with Crippen LogP contribution in [0.1, 0.15) is 51.9 Å². The molecule has 1 aliphatic carbocycles. The zero-order chi connectivity index (χ0) is 13.5. The van der Waals surface area contributed by atoms with Crippen LogP contribution in [0, 0.1) is 11.8 Å². The van der Waals surface area contributed by atoms with Crippen molar-refractivity contribution in [3.05, 3.63) is 0 Å². The summed E-state index contributed by atoms with van der Waals surface area (Å²) < 4.78 is 0. The lowest BCUT2D eigenvalue weighted by atomic mass is 9.83. The number of aliphatic hydroxyl groups excluding tert-OH is 1. The van der Waals surface area contributed by atoms with Gasteiger partial charge < -0.3 is 15.3 Å². The first kappa shape index (κ1) is 15.3. The largest absolute Gasteiger partial charge is 0.396 e. The van der Waals surface area contributed by atoms with Crippen molar-refractivity contribution in [3.8, 4) is 0 Å². The highest BCUT2D eigenvalue weighted by Crippen LogP contribution is 2.27. The molecule has 3 atom stereocenters. The summed E-state index contributed by atoms with van der Waals surface area (Å²) >= 11 is 0. The van der Waals surface area contributed by atoms with Crippen LogP contribution in [-0.2, 0) is 0 Å². The van der Waals surface area contributed by atoms with E-state index in [0.29, 0.717) is 6.61 Å². The molecular weight excluding hydrogens is 236 g/mol.